The standard InChI is InChI=1S/C11H18N4O3/c1-8-14-9(6-11(15-8)18-3)13-7-10(16)12-4-5-17-2/h6H,4-5,7H2,1-3H3,(H,12,16)(H,13,14,15). The second kappa shape index (κ2) is 7.44. The number of aryl methyl sites for hydroxylation is 1. The van der Waals surface area contributed by atoms with Gasteiger partial charge in [-0.2, -0.15) is 4.98 Å². The summed E-state index contributed by atoms with van der Waals surface area (Å²) in [5.74, 6) is 1.48. The molecule has 0 aliphatic carbocycles. The highest BCUT2D eigenvalue weighted by Crippen LogP contribution is 2.11. The summed E-state index contributed by atoms with van der Waals surface area (Å²) < 4.78 is 9.84. The Kier molecular flexibility index (Phi) is 5.86. The highest BCUT2D eigenvalue weighted by Gasteiger charge is 2.04. The second-order valence-corrected chi connectivity index (χ2v) is 3.54. The van der Waals surface area contributed by atoms with Crippen LogP contribution in [0.4, 0.5) is 5.82 Å². The first kappa shape index (κ1) is 14.2. The zero-order valence-corrected chi connectivity index (χ0v) is 10.8. The molecule has 7 heteroatoms. The third kappa shape index (κ3) is 4.96. The number of aromatic nitrogens is 2. The molecule has 100 valence electrons. The van der Waals surface area contributed by atoms with Gasteiger partial charge in [0.25, 0.3) is 0 Å². The predicted molar refractivity (Wildman–Crippen MR) is 66.7 cm³/mol. The van der Waals surface area contributed by atoms with Crippen LogP contribution in [0.1, 0.15) is 5.82 Å². The van der Waals surface area contributed by atoms with E-state index in [0.29, 0.717) is 30.7 Å². The van der Waals surface area contributed by atoms with E-state index in [2.05, 4.69) is 20.6 Å². The first-order valence-electron chi connectivity index (χ1n) is 5.55. The minimum absolute atomic E-state index is 0.123. The van der Waals surface area contributed by atoms with Crippen molar-refractivity contribution in [2.24, 2.45) is 0 Å². The first-order chi connectivity index (χ1) is 8.65. The fourth-order valence-electron chi connectivity index (χ4n) is 1.26. The number of carbonyl (C=O) groups is 1. The molecular weight excluding hydrogens is 236 g/mol. The van der Waals surface area contributed by atoms with Crippen molar-refractivity contribution in [1.29, 1.82) is 0 Å². The lowest BCUT2D eigenvalue weighted by Gasteiger charge is -2.08. The highest BCUT2D eigenvalue weighted by molar-refractivity contribution is 5.80. The summed E-state index contributed by atoms with van der Waals surface area (Å²) in [5, 5.41) is 5.60. The van der Waals surface area contributed by atoms with E-state index < -0.39 is 0 Å². The molecule has 1 heterocycles. The van der Waals surface area contributed by atoms with E-state index >= 15 is 0 Å². The minimum Gasteiger partial charge on any atom is -0.481 e. The minimum atomic E-state index is -0.123. The predicted octanol–water partition coefficient (Wildman–Crippen LogP) is -0.0319. The van der Waals surface area contributed by atoms with Crippen molar-refractivity contribution >= 4 is 11.7 Å². The number of hydrogen-bond acceptors (Lipinski definition) is 6. The number of carbonyl (C=O) groups excluding carboxylic acids is 1. The molecule has 0 bridgehead atoms. The summed E-state index contributed by atoms with van der Waals surface area (Å²) in [7, 11) is 3.11. The largest absolute Gasteiger partial charge is 0.481 e. The topological polar surface area (TPSA) is 85.4 Å². The molecule has 7 nitrogen and oxygen atoms in total. The molecule has 0 saturated heterocycles. The van der Waals surface area contributed by atoms with Gasteiger partial charge in [0, 0.05) is 19.7 Å². The van der Waals surface area contributed by atoms with Gasteiger partial charge in [0.05, 0.1) is 20.3 Å². The molecule has 1 aromatic rings. The van der Waals surface area contributed by atoms with Crippen LogP contribution in [0.5, 0.6) is 5.88 Å². The van der Waals surface area contributed by atoms with Crippen LogP contribution in [0.25, 0.3) is 0 Å². The number of rotatable bonds is 7. The van der Waals surface area contributed by atoms with Crippen molar-refractivity contribution in [3.63, 3.8) is 0 Å². The number of hydrogen-bond donors (Lipinski definition) is 2. The van der Waals surface area contributed by atoms with Crippen molar-refractivity contribution in [2.75, 3.05) is 39.2 Å². The van der Waals surface area contributed by atoms with E-state index in [9.17, 15) is 4.79 Å². The second-order valence-electron chi connectivity index (χ2n) is 3.54. The van der Waals surface area contributed by atoms with E-state index in [0.717, 1.165) is 0 Å². The van der Waals surface area contributed by atoms with Crippen molar-refractivity contribution in [2.45, 2.75) is 6.92 Å². The van der Waals surface area contributed by atoms with Gasteiger partial charge in [0.15, 0.2) is 0 Å². The lowest BCUT2D eigenvalue weighted by atomic mass is 10.5. The zero-order chi connectivity index (χ0) is 13.4. The maximum Gasteiger partial charge on any atom is 0.239 e. The van der Waals surface area contributed by atoms with Gasteiger partial charge in [-0.05, 0) is 6.92 Å². The number of nitrogens with zero attached hydrogens (tertiary/aromatic N) is 2. The van der Waals surface area contributed by atoms with Crippen LogP contribution >= 0.6 is 0 Å². The van der Waals surface area contributed by atoms with Crippen molar-refractivity contribution < 1.29 is 14.3 Å². The van der Waals surface area contributed by atoms with Gasteiger partial charge in [-0.1, -0.05) is 0 Å². The fraction of sp³-hybridized carbons (Fsp3) is 0.545. The molecule has 0 radical (unpaired) electrons. The summed E-state index contributed by atoms with van der Waals surface area (Å²) in [4.78, 5) is 19.6. The Hall–Kier alpha value is -1.89. The number of ether oxygens (including phenoxy) is 2. The molecule has 0 unspecified atom stereocenters. The number of amides is 1. The number of nitrogens with one attached hydrogen (secondary N) is 2. The molecule has 0 aliphatic heterocycles. The lowest BCUT2D eigenvalue weighted by Crippen LogP contribution is -2.32. The first-order valence-corrected chi connectivity index (χ1v) is 5.55. The Morgan fingerprint density at radius 1 is 1.39 bits per heavy atom. The third-order valence-electron chi connectivity index (χ3n) is 2.08. The molecule has 0 aromatic carbocycles. The zero-order valence-electron chi connectivity index (χ0n) is 10.8. The Morgan fingerprint density at radius 2 is 2.17 bits per heavy atom. The smallest absolute Gasteiger partial charge is 0.239 e. The molecule has 0 fully saturated rings. The Morgan fingerprint density at radius 3 is 2.83 bits per heavy atom. The van der Waals surface area contributed by atoms with Gasteiger partial charge in [0.1, 0.15) is 11.6 Å². The van der Waals surface area contributed by atoms with Gasteiger partial charge in [-0.25, -0.2) is 4.98 Å². The van der Waals surface area contributed by atoms with Gasteiger partial charge in [-0.3, -0.25) is 4.79 Å². The monoisotopic (exact) mass is 254 g/mol. The summed E-state index contributed by atoms with van der Waals surface area (Å²) in [5.41, 5.74) is 0. The Labute approximate surface area is 106 Å². The van der Waals surface area contributed by atoms with Gasteiger partial charge in [-0.15, -0.1) is 0 Å². The van der Waals surface area contributed by atoms with E-state index in [1.165, 1.54) is 7.11 Å². The van der Waals surface area contributed by atoms with Crippen LogP contribution in [-0.2, 0) is 9.53 Å². The SMILES string of the molecule is COCCNC(=O)CNc1cc(OC)nc(C)n1. The molecule has 0 aliphatic rings. The molecule has 18 heavy (non-hydrogen) atoms. The molecule has 0 spiro atoms. The van der Waals surface area contributed by atoms with E-state index in [-0.39, 0.29) is 12.5 Å². The van der Waals surface area contributed by atoms with Crippen molar-refractivity contribution in [1.82, 2.24) is 15.3 Å². The summed E-state index contributed by atoms with van der Waals surface area (Å²) in [6.07, 6.45) is 0. The molecule has 1 rings (SSSR count). The quantitative estimate of drug-likeness (QED) is 0.665. The third-order valence-corrected chi connectivity index (χ3v) is 2.08. The molecule has 0 atom stereocenters. The lowest BCUT2D eigenvalue weighted by molar-refractivity contribution is -0.119. The van der Waals surface area contributed by atoms with Crippen molar-refractivity contribution in [3.8, 4) is 5.88 Å². The summed E-state index contributed by atoms with van der Waals surface area (Å²) in [6.45, 7) is 2.88. The van der Waals surface area contributed by atoms with Gasteiger partial charge >= 0.3 is 0 Å². The van der Waals surface area contributed by atoms with Crippen LogP contribution in [-0.4, -0.2) is 49.8 Å². The van der Waals surface area contributed by atoms with Crippen LogP contribution in [0, 0.1) is 6.92 Å². The normalized spacial score (nSPS) is 9.94. The number of methoxy groups -OCH3 is 2. The van der Waals surface area contributed by atoms with E-state index in [1.54, 1.807) is 20.1 Å². The van der Waals surface area contributed by atoms with E-state index in [4.69, 9.17) is 9.47 Å². The molecule has 1 amide bonds. The average Bonchev–Trinajstić information content (AvgIpc) is 2.36. The Balaban J connectivity index is 2.43. The average molecular weight is 254 g/mol. The molecule has 1 aromatic heterocycles. The van der Waals surface area contributed by atoms with Crippen LogP contribution in [0.2, 0.25) is 0 Å². The molecule has 2 N–H and O–H groups in total. The van der Waals surface area contributed by atoms with Crippen LogP contribution in [0.15, 0.2) is 6.07 Å². The highest BCUT2D eigenvalue weighted by atomic mass is 16.5. The number of anilines is 1. The van der Waals surface area contributed by atoms with Crippen LogP contribution < -0.4 is 15.4 Å². The van der Waals surface area contributed by atoms with Gasteiger partial charge in [0.2, 0.25) is 11.8 Å². The maximum atomic E-state index is 11.4. The van der Waals surface area contributed by atoms with Crippen molar-refractivity contribution in [3.05, 3.63) is 11.9 Å². The van der Waals surface area contributed by atoms with E-state index in [1.807, 2.05) is 0 Å². The molecular formula is C11H18N4O3. The summed E-state index contributed by atoms with van der Waals surface area (Å²) >= 11 is 0. The molecule has 0 saturated carbocycles. The van der Waals surface area contributed by atoms with Crippen LogP contribution in [0.3, 0.4) is 0 Å². The summed E-state index contributed by atoms with van der Waals surface area (Å²) in [6, 6.07) is 1.63. The Bertz CT molecular complexity index is 398. The van der Waals surface area contributed by atoms with Gasteiger partial charge < -0.3 is 20.1 Å². The maximum absolute atomic E-state index is 11.4. The fourth-order valence-corrected chi connectivity index (χ4v) is 1.26.